The molecule has 0 bridgehead atoms. The number of amides is 2. The Morgan fingerprint density at radius 3 is 2.70 bits per heavy atom. The predicted molar refractivity (Wildman–Crippen MR) is 111 cm³/mol. The van der Waals surface area contributed by atoms with Crippen molar-refractivity contribution in [2.75, 3.05) is 25.0 Å². The number of aryl methyl sites for hydroxylation is 2. The van der Waals surface area contributed by atoms with Crippen LogP contribution in [0.25, 0.3) is 0 Å². The number of aromatic nitrogens is 2. The molecule has 3 heterocycles. The third kappa shape index (κ3) is 4.08. The van der Waals surface area contributed by atoms with Crippen molar-refractivity contribution in [3.63, 3.8) is 0 Å². The molecule has 1 fully saturated rings. The van der Waals surface area contributed by atoms with Gasteiger partial charge < -0.3 is 15.0 Å². The van der Waals surface area contributed by atoms with Gasteiger partial charge in [-0.05, 0) is 56.9 Å². The first-order valence-electron chi connectivity index (χ1n) is 10.3. The van der Waals surface area contributed by atoms with Gasteiger partial charge in [0, 0.05) is 36.7 Å². The van der Waals surface area contributed by atoms with Gasteiger partial charge in [-0.15, -0.1) is 0 Å². The van der Waals surface area contributed by atoms with Crippen LogP contribution >= 0.6 is 0 Å². The Morgan fingerprint density at radius 2 is 2.00 bits per heavy atom. The van der Waals surface area contributed by atoms with E-state index >= 15 is 0 Å². The summed E-state index contributed by atoms with van der Waals surface area (Å²) < 4.78 is 5.35. The number of ketones is 1. The SMILES string of the molecule is Cc1n[nH]c(C)c1CCC(=O)N1CCC(C(=O)c2ccc3c(c2)NC(=O)CO3)CC1. The number of piperidine rings is 1. The van der Waals surface area contributed by atoms with E-state index in [9.17, 15) is 14.4 Å². The lowest BCUT2D eigenvalue weighted by Crippen LogP contribution is -2.40. The molecular formula is C22H26N4O4. The van der Waals surface area contributed by atoms with Crippen molar-refractivity contribution < 1.29 is 19.1 Å². The number of benzene rings is 1. The van der Waals surface area contributed by atoms with Gasteiger partial charge in [0.25, 0.3) is 5.91 Å². The molecule has 0 atom stereocenters. The Bertz CT molecular complexity index is 970. The topological polar surface area (TPSA) is 104 Å². The normalized spacial score (nSPS) is 16.6. The Morgan fingerprint density at radius 1 is 1.23 bits per heavy atom. The minimum Gasteiger partial charge on any atom is -0.482 e. The van der Waals surface area contributed by atoms with E-state index < -0.39 is 0 Å². The molecule has 158 valence electrons. The van der Waals surface area contributed by atoms with Crippen LogP contribution in [0.2, 0.25) is 0 Å². The van der Waals surface area contributed by atoms with Gasteiger partial charge in [0.2, 0.25) is 5.91 Å². The maximum absolute atomic E-state index is 12.9. The second kappa shape index (κ2) is 8.30. The highest BCUT2D eigenvalue weighted by molar-refractivity contribution is 6.01. The third-order valence-electron chi connectivity index (χ3n) is 5.98. The summed E-state index contributed by atoms with van der Waals surface area (Å²) in [5.74, 6) is 0.406. The molecule has 0 unspecified atom stereocenters. The number of anilines is 1. The molecule has 2 N–H and O–H groups in total. The van der Waals surface area contributed by atoms with Crippen LogP contribution < -0.4 is 10.1 Å². The van der Waals surface area contributed by atoms with Crippen molar-refractivity contribution in [2.24, 2.45) is 5.92 Å². The van der Waals surface area contributed by atoms with Crippen LogP contribution in [-0.4, -0.2) is 52.4 Å². The second-order valence-electron chi connectivity index (χ2n) is 7.98. The Balaban J connectivity index is 1.32. The Kier molecular flexibility index (Phi) is 5.57. The predicted octanol–water partition coefficient (Wildman–Crippen LogP) is 2.41. The molecule has 8 heteroatoms. The number of carbonyl (C=O) groups is 3. The largest absolute Gasteiger partial charge is 0.482 e. The Labute approximate surface area is 175 Å². The average molecular weight is 410 g/mol. The maximum Gasteiger partial charge on any atom is 0.262 e. The van der Waals surface area contributed by atoms with Crippen molar-refractivity contribution in [3.05, 3.63) is 40.7 Å². The zero-order chi connectivity index (χ0) is 21.3. The molecule has 2 amide bonds. The summed E-state index contributed by atoms with van der Waals surface area (Å²) in [4.78, 5) is 38.9. The molecule has 8 nitrogen and oxygen atoms in total. The molecule has 0 aliphatic carbocycles. The van der Waals surface area contributed by atoms with Gasteiger partial charge >= 0.3 is 0 Å². The van der Waals surface area contributed by atoms with E-state index in [0.717, 1.165) is 17.0 Å². The highest BCUT2D eigenvalue weighted by Gasteiger charge is 2.29. The van der Waals surface area contributed by atoms with Crippen molar-refractivity contribution in [3.8, 4) is 5.75 Å². The monoisotopic (exact) mass is 410 g/mol. The van der Waals surface area contributed by atoms with Crippen LogP contribution in [0.4, 0.5) is 5.69 Å². The molecule has 1 saturated heterocycles. The van der Waals surface area contributed by atoms with Crippen LogP contribution in [-0.2, 0) is 16.0 Å². The summed E-state index contributed by atoms with van der Waals surface area (Å²) in [7, 11) is 0. The number of Topliss-reactive ketones (excluding diaryl/α,β-unsaturated/α-hetero) is 1. The van der Waals surface area contributed by atoms with E-state index in [1.165, 1.54) is 0 Å². The first-order chi connectivity index (χ1) is 14.4. The first kappa shape index (κ1) is 20.1. The summed E-state index contributed by atoms with van der Waals surface area (Å²) in [6.07, 6.45) is 2.42. The van der Waals surface area contributed by atoms with E-state index in [1.807, 2.05) is 18.7 Å². The van der Waals surface area contributed by atoms with E-state index in [2.05, 4.69) is 15.5 Å². The standard InChI is InChI=1S/C22H26N4O4/c1-13-17(14(2)25-24-13)4-6-21(28)26-9-7-15(8-10-26)22(29)16-3-5-19-18(11-16)23-20(27)12-30-19/h3,5,11,15H,4,6-10,12H2,1-2H3,(H,23,27)(H,24,25). The molecule has 0 saturated carbocycles. The number of likely N-dealkylation sites (tertiary alicyclic amines) is 1. The average Bonchev–Trinajstić information content (AvgIpc) is 3.08. The van der Waals surface area contributed by atoms with E-state index in [4.69, 9.17) is 4.74 Å². The van der Waals surface area contributed by atoms with Crippen molar-refractivity contribution in [1.82, 2.24) is 15.1 Å². The van der Waals surface area contributed by atoms with Crippen LogP contribution in [0.15, 0.2) is 18.2 Å². The Hall–Kier alpha value is -3.16. The lowest BCUT2D eigenvalue weighted by Gasteiger charge is -2.31. The molecule has 1 aromatic heterocycles. The third-order valence-corrected chi connectivity index (χ3v) is 5.98. The van der Waals surface area contributed by atoms with Crippen molar-refractivity contribution >= 4 is 23.3 Å². The second-order valence-corrected chi connectivity index (χ2v) is 7.98. The fourth-order valence-electron chi connectivity index (χ4n) is 4.20. The molecule has 2 aliphatic rings. The maximum atomic E-state index is 12.9. The summed E-state index contributed by atoms with van der Waals surface area (Å²) in [6.45, 7) is 5.08. The lowest BCUT2D eigenvalue weighted by atomic mass is 9.88. The van der Waals surface area contributed by atoms with Gasteiger partial charge in [0.1, 0.15) is 5.75 Å². The minimum absolute atomic E-state index is 0.00743. The summed E-state index contributed by atoms with van der Waals surface area (Å²) in [6, 6.07) is 5.15. The lowest BCUT2D eigenvalue weighted by molar-refractivity contribution is -0.132. The molecule has 1 aromatic carbocycles. The van der Waals surface area contributed by atoms with Crippen LogP contribution in [0.1, 0.15) is 46.6 Å². The number of hydrogen-bond donors (Lipinski definition) is 2. The van der Waals surface area contributed by atoms with Gasteiger partial charge in [-0.1, -0.05) is 0 Å². The van der Waals surface area contributed by atoms with E-state index in [0.29, 0.717) is 55.8 Å². The van der Waals surface area contributed by atoms with Crippen LogP contribution in [0.5, 0.6) is 5.75 Å². The number of carbonyl (C=O) groups excluding carboxylic acids is 3. The zero-order valence-electron chi connectivity index (χ0n) is 17.3. The van der Waals surface area contributed by atoms with Crippen LogP contribution in [0.3, 0.4) is 0 Å². The minimum atomic E-state index is -0.222. The number of H-pyrrole nitrogens is 1. The molecule has 2 aliphatic heterocycles. The molecule has 4 rings (SSSR count). The highest BCUT2D eigenvalue weighted by Crippen LogP contribution is 2.31. The molecule has 0 radical (unpaired) electrons. The van der Waals surface area contributed by atoms with Crippen molar-refractivity contribution in [1.29, 1.82) is 0 Å². The van der Waals surface area contributed by atoms with Crippen LogP contribution in [0, 0.1) is 19.8 Å². The zero-order valence-corrected chi connectivity index (χ0v) is 17.3. The first-order valence-corrected chi connectivity index (χ1v) is 10.3. The highest BCUT2D eigenvalue weighted by atomic mass is 16.5. The quantitative estimate of drug-likeness (QED) is 0.737. The molecule has 2 aromatic rings. The van der Waals surface area contributed by atoms with Gasteiger partial charge in [0.15, 0.2) is 12.4 Å². The smallest absolute Gasteiger partial charge is 0.262 e. The van der Waals surface area contributed by atoms with E-state index in [-0.39, 0.29) is 30.1 Å². The number of ether oxygens (including phenoxy) is 1. The molecular weight excluding hydrogens is 384 g/mol. The number of nitrogens with zero attached hydrogens (tertiary/aromatic N) is 2. The van der Waals surface area contributed by atoms with Gasteiger partial charge in [-0.25, -0.2) is 0 Å². The van der Waals surface area contributed by atoms with E-state index in [1.54, 1.807) is 18.2 Å². The number of hydrogen-bond acceptors (Lipinski definition) is 5. The number of aromatic amines is 1. The van der Waals surface area contributed by atoms with Crippen molar-refractivity contribution in [2.45, 2.75) is 39.5 Å². The molecule has 30 heavy (non-hydrogen) atoms. The van der Waals surface area contributed by atoms with Gasteiger partial charge in [-0.3, -0.25) is 19.5 Å². The number of rotatable bonds is 5. The molecule has 0 spiro atoms. The van der Waals surface area contributed by atoms with Gasteiger partial charge in [-0.2, -0.15) is 5.10 Å². The van der Waals surface area contributed by atoms with Gasteiger partial charge in [0.05, 0.1) is 11.4 Å². The fourth-order valence-corrected chi connectivity index (χ4v) is 4.20. The fraction of sp³-hybridized carbons (Fsp3) is 0.455. The summed E-state index contributed by atoms with van der Waals surface area (Å²) >= 11 is 0. The summed E-state index contributed by atoms with van der Waals surface area (Å²) in [5, 5.41) is 9.87. The summed E-state index contributed by atoms with van der Waals surface area (Å²) in [5.41, 5.74) is 4.16. The number of nitrogens with one attached hydrogen (secondary N) is 2. The number of fused-ring (bicyclic) bond motifs is 1.